The van der Waals surface area contributed by atoms with Gasteiger partial charge in [0.05, 0.1) is 18.4 Å². The number of benzene rings is 1. The summed E-state index contributed by atoms with van der Waals surface area (Å²) in [5, 5.41) is 11.3. The zero-order valence-electron chi connectivity index (χ0n) is 18.1. The van der Waals surface area contributed by atoms with Crippen LogP contribution in [0.2, 0.25) is 0 Å². The first-order chi connectivity index (χ1) is 14.0. The summed E-state index contributed by atoms with van der Waals surface area (Å²) in [6, 6.07) is 8.49. The predicted octanol–water partition coefficient (Wildman–Crippen LogP) is 2.72. The van der Waals surface area contributed by atoms with Crippen molar-refractivity contribution in [1.29, 1.82) is 0 Å². The number of guanidine groups is 1. The molecule has 1 fully saturated rings. The van der Waals surface area contributed by atoms with Crippen LogP contribution in [-0.2, 0) is 7.05 Å². The molecule has 2 heterocycles. The van der Waals surface area contributed by atoms with Crippen LogP contribution >= 0.6 is 0 Å². The van der Waals surface area contributed by atoms with Crippen LogP contribution < -0.4 is 20.3 Å². The third kappa shape index (κ3) is 6.41. The first kappa shape index (κ1) is 21.0. The Kier molecular flexibility index (Phi) is 7.38. The number of aliphatic imine (C=N–C) groups is 1. The van der Waals surface area contributed by atoms with E-state index < -0.39 is 0 Å². The molecule has 0 saturated carbocycles. The lowest BCUT2D eigenvalue weighted by Crippen LogP contribution is -2.51. The van der Waals surface area contributed by atoms with E-state index in [1.54, 1.807) is 0 Å². The summed E-state index contributed by atoms with van der Waals surface area (Å²) in [6.07, 6.45) is 6.30. The largest absolute Gasteiger partial charge is 0.489 e. The Hall–Kier alpha value is -2.70. The highest BCUT2D eigenvalue weighted by molar-refractivity contribution is 5.80. The number of anilines is 1. The van der Waals surface area contributed by atoms with Crippen molar-refractivity contribution in [2.75, 3.05) is 31.1 Å². The fourth-order valence-electron chi connectivity index (χ4n) is 3.59. The summed E-state index contributed by atoms with van der Waals surface area (Å²) in [7, 11) is 1.96. The van der Waals surface area contributed by atoms with Crippen LogP contribution in [-0.4, -0.2) is 54.1 Å². The number of hydrogen-bond donors (Lipinski definition) is 2. The lowest BCUT2D eigenvalue weighted by molar-refractivity contribution is 0.230. The number of hydrogen-bond acceptors (Lipinski definition) is 4. The van der Waals surface area contributed by atoms with Gasteiger partial charge in [0.15, 0.2) is 5.96 Å². The summed E-state index contributed by atoms with van der Waals surface area (Å²) in [5.41, 5.74) is 2.38. The molecule has 0 aliphatic carbocycles. The second kappa shape index (κ2) is 10.2. The molecule has 2 atom stereocenters. The lowest BCUT2D eigenvalue weighted by atomic mass is 10.1. The second-order valence-electron chi connectivity index (χ2n) is 7.77. The molecule has 0 bridgehead atoms. The summed E-state index contributed by atoms with van der Waals surface area (Å²) in [5.74, 6) is 1.75. The number of aryl methyl sites for hydroxylation is 2. The van der Waals surface area contributed by atoms with E-state index in [2.05, 4.69) is 59.7 Å². The predicted molar refractivity (Wildman–Crippen MR) is 119 cm³/mol. The monoisotopic (exact) mass is 398 g/mol. The molecule has 0 spiro atoms. The number of ether oxygens (including phenoxy) is 1. The average molecular weight is 399 g/mol. The van der Waals surface area contributed by atoms with E-state index in [0.29, 0.717) is 12.6 Å². The Bertz CT molecular complexity index is 802. The van der Waals surface area contributed by atoms with E-state index in [-0.39, 0.29) is 6.10 Å². The van der Waals surface area contributed by atoms with Gasteiger partial charge in [-0.1, -0.05) is 12.1 Å². The van der Waals surface area contributed by atoms with Crippen LogP contribution in [0.5, 0.6) is 5.75 Å². The Morgan fingerprint density at radius 2 is 2.28 bits per heavy atom. The van der Waals surface area contributed by atoms with E-state index in [1.807, 2.05) is 30.1 Å². The minimum Gasteiger partial charge on any atom is -0.489 e. The number of rotatable bonds is 7. The van der Waals surface area contributed by atoms with Gasteiger partial charge in [-0.15, -0.1) is 0 Å². The van der Waals surface area contributed by atoms with E-state index in [0.717, 1.165) is 44.2 Å². The zero-order chi connectivity index (χ0) is 20.6. The summed E-state index contributed by atoms with van der Waals surface area (Å²) >= 11 is 0. The first-order valence-corrected chi connectivity index (χ1v) is 10.5. The van der Waals surface area contributed by atoms with Crippen LogP contribution in [0, 0.1) is 6.92 Å². The molecule has 1 saturated heterocycles. The first-order valence-electron chi connectivity index (χ1n) is 10.5. The molecule has 1 aliphatic rings. The van der Waals surface area contributed by atoms with Crippen molar-refractivity contribution >= 4 is 11.6 Å². The quantitative estimate of drug-likeness (QED) is 0.555. The van der Waals surface area contributed by atoms with E-state index in [4.69, 9.17) is 9.73 Å². The number of nitrogens with zero attached hydrogens (tertiary/aromatic N) is 4. The summed E-state index contributed by atoms with van der Waals surface area (Å²) < 4.78 is 7.87. The molecule has 1 aliphatic heterocycles. The molecule has 2 aromatic rings. The van der Waals surface area contributed by atoms with Gasteiger partial charge in [0.1, 0.15) is 11.9 Å². The number of nitrogens with one attached hydrogen (secondary N) is 2. The van der Waals surface area contributed by atoms with E-state index >= 15 is 0 Å². The standard InChI is InChI=1S/C22H34N6O/c1-5-23-22(24-13-18(3)29-21-10-6-8-17(2)12-21)26-19-9-7-11-28(15-19)20-14-25-27(4)16-20/h6,8,10,12,14,16,18-19H,5,7,9,11,13,15H2,1-4H3,(H2,23,24,26). The van der Waals surface area contributed by atoms with Gasteiger partial charge in [0, 0.05) is 38.9 Å². The van der Waals surface area contributed by atoms with Crippen LogP contribution in [0.3, 0.4) is 0 Å². The molecular weight excluding hydrogens is 364 g/mol. The summed E-state index contributed by atoms with van der Waals surface area (Å²) in [6.45, 7) is 9.67. The lowest BCUT2D eigenvalue weighted by Gasteiger charge is -2.34. The molecule has 7 heteroatoms. The third-order valence-corrected chi connectivity index (χ3v) is 5.00. The maximum Gasteiger partial charge on any atom is 0.191 e. The van der Waals surface area contributed by atoms with Crippen molar-refractivity contribution in [3.05, 3.63) is 42.2 Å². The zero-order valence-corrected chi connectivity index (χ0v) is 18.1. The van der Waals surface area contributed by atoms with E-state index in [9.17, 15) is 0 Å². The molecule has 2 N–H and O–H groups in total. The Morgan fingerprint density at radius 1 is 1.41 bits per heavy atom. The van der Waals surface area contributed by atoms with Crippen LogP contribution in [0.4, 0.5) is 5.69 Å². The Morgan fingerprint density at radius 3 is 3.00 bits per heavy atom. The highest BCUT2D eigenvalue weighted by atomic mass is 16.5. The van der Waals surface area contributed by atoms with Gasteiger partial charge in [-0.3, -0.25) is 4.68 Å². The van der Waals surface area contributed by atoms with Crippen LogP contribution in [0.15, 0.2) is 41.7 Å². The number of piperidine rings is 1. The van der Waals surface area contributed by atoms with Crippen LogP contribution in [0.1, 0.15) is 32.3 Å². The minimum atomic E-state index is 0.00510. The van der Waals surface area contributed by atoms with Gasteiger partial charge in [0.25, 0.3) is 0 Å². The van der Waals surface area contributed by atoms with Crippen LogP contribution in [0.25, 0.3) is 0 Å². The topological polar surface area (TPSA) is 66.7 Å². The van der Waals surface area contributed by atoms with Crippen molar-refractivity contribution in [1.82, 2.24) is 20.4 Å². The SMILES string of the molecule is CCNC(=NCC(C)Oc1cccc(C)c1)NC1CCCN(c2cnn(C)c2)C1. The number of aromatic nitrogens is 2. The molecule has 2 unspecified atom stereocenters. The van der Waals surface area contributed by atoms with Gasteiger partial charge < -0.3 is 20.3 Å². The Labute approximate surface area is 174 Å². The molecule has 0 radical (unpaired) electrons. The molecule has 0 amide bonds. The maximum atomic E-state index is 6.01. The molecule has 7 nitrogen and oxygen atoms in total. The van der Waals surface area contributed by atoms with Crippen molar-refractivity contribution in [3.8, 4) is 5.75 Å². The van der Waals surface area contributed by atoms with Gasteiger partial charge in [-0.25, -0.2) is 4.99 Å². The smallest absolute Gasteiger partial charge is 0.191 e. The fourth-order valence-corrected chi connectivity index (χ4v) is 3.59. The molecule has 158 valence electrons. The van der Waals surface area contributed by atoms with Crippen molar-refractivity contribution in [3.63, 3.8) is 0 Å². The normalized spacial score (nSPS) is 18.4. The molecule has 1 aromatic carbocycles. The highest BCUT2D eigenvalue weighted by Gasteiger charge is 2.21. The van der Waals surface area contributed by atoms with Gasteiger partial charge in [0.2, 0.25) is 0 Å². The van der Waals surface area contributed by atoms with E-state index in [1.165, 1.54) is 11.3 Å². The summed E-state index contributed by atoms with van der Waals surface area (Å²) in [4.78, 5) is 7.15. The molecule has 29 heavy (non-hydrogen) atoms. The maximum absolute atomic E-state index is 6.01. The molecular formula is C22H34N6O. The average Bonchev–Trinajstić information content (AvgIpc) is 3.13. The Balaban J connectivity index is 1.55. The van der Waals surface area contributed by atoms with Crippen molar-refractivity contribution < 1.29 is 4.74 Å². The fraction of sp³-hybridized carbons (Fsp3) is 0.545. The second-order valence-corrected chi connectivity index (χ2v) is 7.77. The molecule has 1 aromatic heterocycles. The van der Waals surface area contributed by atoms with Crippen molar-refractivity contribution in [2.24, 2.45) is 12.0 Å². The van der Waals surface area contributed by atoms with Gasteiger partial charge in [-0.2, -0.15) is 5.10 Å². The molecule has 3 rings (SSSR count). The van der Waals surface area contributed by atoms with Crippen molar-refractivity contribution in [2.45, 2.75) is 45.8 Å². The van der Waals surface area contributed by atoms with Gasteiger partial charge >= 0.3 is 0 Å². The third-order valence-electron chi connectivity index (χ3n) is 5.00. The highest BCUT2D eigenvalue weighted by Crippen LogP contribution is 2.19. The van der Waals surface area contributed by atoms with Gasteiger partial charge in [-0.05, 0) is 51.3 Å². The minimum absolute atomic E-state index is 0.00510.